The Morgan fingerprint density at radius 3 is 2.40 bits per heavy atom. The first-order valence-corrected chi connectivity index (χ1v) is 3.90. The summed E-state index contributed by atoms with van der Waals surface area (Å²) in [4.78, 5) is 10.7. The van der Waals surface area contributed by atoms with Crippen LogP contribution >= 0.6 is 0 Å². The molecule has 1 aliphatic carbocycles. The Hall–Kier alpha value is -0.530. The maximum Gasteiger partial charge on any atom is 0.309 e. The number of hydrogen-bond acceptors (Lipinski definition) is 1. The Morgan fingerprint density at radius 2 is 2.30 bits per heavy atom. The second-order valence-corrected chi connectivity index (χ2v) is 3.12. The van der Waals surface area contributed by atoms with E-state index in [1.54, 1.807) is 0 Å². The molecular formula is C8H14O2. The number of carbonyl (C=O) groups is 1. The molecule has 0 heterocycles. The van der Waals surface area contributed by atoms with Crippen molar-refractivity contribution in [1.82, 2.24) is 0 Å². The Kier molecular flexibility index (Phi) is 1.71. The van der Waals surface area contributed by atoms with E-state index < -0.39 is 5.97 Å². The van der Waals surface area contributed by atoms with Gasteiger partial charge in [-0.2, -0.15) is 0 Å². The van der Waals surface area contributed by atoms with E-state index in [0.29, 0.717) is 5.92 Å². The lowest BCUT2D eigenvalue weighted by Gasteiger charge is -2.06. The second kappa shape index (κ2) is 2.26. The van der Waals surface area contributed by atoms with E-state index in [-0.39, 0.29) is 5.41 Å². The molecule has 1 N–H and O–H groups in total. The quantitative estimate of drug-likeness (QED) is 0.653. The molecule has 0 aromatic rings. The van der Waals surface area contributed by atoms with Crippen molar-refractivity contribution in [3.8, 4) is 0 Å². The van der Waals surface area contributed by atoms with Gasteiger partial charge in [0.15, 0.2) is 0 Å². The molecule has 0 aromatic carbocycles. The molecule has 0 amide bonds. The molecule has 0 aliphatic heterocycles. The molecule has 0 aromatic heterocycles. The largest absolute Gasteiger partial charge is 0.481 e. The van der Waals surface area contributed by atoms with Gasteiger partial charge >= 0.3 is 5.97 Å². The Labute approximate surface area is 61.2 Å². The zero-order chi connectivity index (χ0) is 7.78. The Bertz CT molecular complexity index is 153. The minimum Gasteiger partial charge on any atom is -0.481 e. The van der Waals surface area contributed by atoms with Crippen molar-refractivity contribution in [1.29, 1.82) is 0 Å². The summed E-state index contributed by atoms with van der Waals surface area (Å²) in [6.45, 7) is 4.02. The summed E-state index contributed by atoms with van der Waals surface area (Å²) in [6.07, 6.45) is 2.70. The monoisotopic (exact) mass is 142 g/mol. The molecule has 2 heteroatoms. The molecular weight excluding hydrogens is 128 g/mol. The van der Waals surface area contributed by atoms with Crippen molar-refractivity contribution in [3.63, 3.8) is 0 Å². The number of carboxylic acids is 1. The highest BCUT2D eigenvalue weighted by atomic mass is 16.4. The Morgan fingerprint density at radius 1 is 1.70 bits per heavy atom. The normalized spacial score (nSPS) is 37.6. The minimum absolute atomic E-state index is 0.325. The molecule has 1 rings (SSSR count). The van der Waals surface area contributed by atoms with Crippen LogP contribution < -0.4 is 0 Å². The highest BCUT2D eigenvalue weighted by molar-refractivity contribution is 5.78. The van der Waals surface area contributed by atoms with Crippen molar-refractivity contribution >= 4 is 5.97 Å². The molecule has 1 saturated carbocycles. The third kappa shape index (κ3) is 0.825. The van der Waals surface area contributed by atoms with E-state index in [4.69, 9.17) is 5.11 Å². The van der Waals surface area contributed by atoms with Crippen molar-refractivity contribution in [2.45, 2.75) is 33.1 Å². The van der Waals surface area contributed by atoms with Crippen LogP contribution in [-0.2, 0) is 4.79 Å². The first kappa shape index (κ1) is 7.58. The van der Waals surface area contributed by atoms with Gasteiger partial charge in [-0.3, -0.25) is 4.79 Å². The van der Waals surface area contributed by atoms with Crippen molar-refractivity contribution in [2.75, 3.05) is 0 Å². The van der Waals surface area contributed by atoms with Crippen molar-refractivity contribution < 1.29 is 9.90 Å². The van der Waals surface area contributed by atoms with Crippen molar-refractivity contribution in [2.24, 2.45) is 11.3 Å². The van der Waals surface area contributed by atoms with Gasteiger partial charge in [-0.25, -0.2) is 0 Å². The summed E-state index contributed by atoms with van der Waals surface area (Å²) >= 11 is 0. The van der Waals surface area contributed by atoms with Crippen LogP contribution in [0.3, 0.4) is 0 Å². The first-order valence-electron chi connectivity index (χ1n) is 3.90. The molecule has 2 nitrogen and oxygen atoms in total. The van der Waals surface area contributed by atoms with Gasteiger partial charge in [0, 0.05) is 0 Å². The van der Waals surface area contributed by atoms with E-state index in [1.165, 1.54) is 0 Å². The SMILES string of the molecule is CCC1CC1(CC)C(=O)O. The molecule has 1 fully saturated rings. The fraction of sp³-hybridized carbons (Fsp3) is 0.875. The number of rotatable bonds is 3. The van der Waals surface area contributed by atoms with Crippen LogP contribution in [0.5, 0.6) is 0 Å². The Balaban J connectivity index is 2.59. The summed E-state index contributed by atoms with van der Waals surface area (Å²) in [5.74, 6) is -0.142. The van der Waals surface area contributed by atoms with Crippen LogP contribution in [0.1, 0.15) is 33.1 Å². The lowest BCUT2D eigenvalue weighted by atomic mass is 10.00. The second-order valence-electron chi connectivity index (χ2n) is 3.12. The van der Waals surface area contributed by atoms with E-state index in [2.05, 4.69) is 6.92 Å². The summed E-state index contributed by atoms with van der Waals surface area (Å²) < 4.78 is 0. The van der Waals surface area contributed by atoms with Crippen LogP contribution in [-0.4, -0.2) is 11.1 Å². The lowest BCUT2D eigenvalue weighted by Crippen LogP contribution is -2.15. The maximum absolute atomic E-state index is 10.7. The topological polar surface area (TPSA) is 37.3 Å². The molecule has 0 spiro atoms. The molecule has 0 radical (unpaired) electrons. The van der Waals surface area contributed by atoms with Gasteiger partial charge in [-0.15, -0.1) is 0 Å². The predicted octanol–water partition coefficient (Wildman–Crippen LogP) is 1.90. The van der Waals surface area contributed by atoms with Crippen LogP contribution in [0.2, 0.25) is 0 Å². The average molecular weight is 142 g/mol. The fourth-order valence-corrected chi connectivity index (χ4v) is 1.76. The number of aliphatic carboxylic acids is 1. The van der Waals surface area contributed by atoms with Gasteiger partial charge in [0.25, 0.3) is 0 Å². The zero-order valence-corrected chi connectivity index (χ0v) is 6.55. The van der Waals surface area contributed by atoms with Gasteiger partial charge in [-0.1, -0.05) is 20.3 Å². The van der Waals surface area contributed by atoms with Gasteiger partial charge in [0.1, 0.15) is 0 Å². The van der Waals surface area contributed by atoms with Gasteiger partial charge < -0.3 is 5.11 Å². The van der Waals surface area contributed by atoms with E-state index in [0.717, 1.165) is 19.3 Å². The van der Waals surface area contributed by atoms with Gasteiger partial charge in [0.05, 0.1) is 5.41 Å². The predicted molar refractivity (Wildman–Crippen MR) is 38.8 cm³/mol. The molecule has 58 valence electrons. The zero-order valence-electron chi connectivity index (χ0n) is 6.55. The summed E-state index contributed by atoms with van der Waals surface area (Å²) in [7, 11) is 0. The van der Waals surface area contributed by atoms with Gasteiger partial charge in [0.2, 0.25) is 0 Å². The summed E-state index contributed by atoms with van der Waals surface area (Å²) in [5.41, 5.74) is -0.325. The molecule has 10 heavy (non-hydrogen) atoms. The van der Waals surface area contributed by atoms with E-state index >= 15 is 0 Å². The van der Waals surface area contributed by atoms with Crippen LogP contribution in [0.15, 0.2) is 0 Å². The molecule has 2 atom stereocenters. The number of hydrogen-bond donors (Lipinski definition) is 1. The third-order valence-corrected chi connectivity index (χ3v) is 2.78. The van der Waals surface area contributed by atoms with Crippen LogP contribution in [0, 0.1) is 11.3 Å². The highest BCUT2D eigenvalue weighted by Crippen LogP contribution is 2.56. The first-order chi connectivity index (χ1) is 4.67. The summed E-state index contributed by atoms with van der Waals surface area (Å²) in [6, 6.07) is 0. The maximum atomic E-state index is 10.7. The molecule has 2 unspecified atom stereocenters. The third-order valence-electron chi connectivity index (χ3n) is 2.78. The fourth-order valence-electron chi connectivity index (χ4n) is 1.76. The smallest absolute Gasteiger partial charge is 0.309 e. The lowest BCUT2D eigenvalue weighted by molar-refractivity contribution is -0.144. The number of carboxylic acid groups (broad SMARTS) is 1. The summed E-state index contributed by atoms with van der Waals surface area (Å²) in [5, 5.41) is 8.81. The minimum atomic E-state index is -0.596. The van der Waals surface area contributed by atoms with Crippen molar-refractivity contribution in [3.05, 3.63) is 0 Å². The van der Waals surface area contributed by atoms with E-state index in [9.17, 15) is 4.79 Å². The van der Waals surface area contributed by atoms with Crippen LogP contribution in [0.4, 0.5) is 0 Å². The van der Waals surface area contributed by atoms with Crippen LogP contribution in [0.25, 0.3) is 0 Å². The molecule has 1 aliphatic rings. The highest BCUT2D eigenvalue weighted by Gasteiger charge is 2.57. The molecule has 0 bridgehead atoms. The standard InChI is InChI=1S/C8H14O2/c1-3-6-5-8(6,4-2)7(9)10/h6H,3-5H2,1-2H3,(H,9,10). The average Bonchev–Trinajstić information content (AvgIpc) is 2.62. The molecule has 0 saturated heterocycles. The van der Waals surface area contributed by atoms with Gasteiger partial charge in [-0.05, 0) is 18.8 Å². The van der Waals surface area contributed by atoms with E-state index in [1.807, 2.05) is 6.92 Å².